The van der Waals surface area contributed by atoms with Crippen molar-refractivity contribution in [2.45, 2.75) is 11.8 Å². The molecule has 11 nitrogen and oxygen atoms in total. The van der Waals surface area contributed by atoms with Crippen LogP contribution in [0.5, 0.6) is 11.5 Å². The monoisotopic (exact) mass is 554 g/mol. The smallest absolute Gasteiger partial charge is 0.332 e. The van der Waals surface area contributed by atoms with Crippen LogP contribution < -0.4 is 4.74 Å². The van der Waals surface area contributed by atoms with Crippen LogP contribution in [0.25, 0.3) is 0 Å². The highest BCUT2D eigenvalue weighted by Crippen LogP contribution is 2.38. The number of nitro benzene ring substituents is 1. The van der Waals surface area contributed by atoms with Crippen molar-refractivity contribution >= 4 is 49.0 Å². The Morgan fingerprint density at radius 3 is 2.18 bits per heavy atom. The molecule has 3 rings (SSSR count). The molecule has 1 aliphatic rings. The Bertz CT molecular complexity index is 1290. The van der Waals surface area contributed by atoms with E-state index in [0.717, 1.165) is 18.2 Å². The lowest BCUT2D eigenvalue weighted by molar-refractivity contribution is -0.799. The van der Waals surface area contributed by atoms with Gasteiger partial charge in [-0.1, -0.05) is 30.1 Å². The Balaban J connectivity index is 2.18. The van der Waals surface area contributed by atoms with Gasteiger partial charge in [0.2, 0.25) is 5.88 Å². The number of rotatable bonds is 8. The molecule has 0 amide bonds. The summed E-state index contributed by atoms with van der Waals surface area (Å²) in [5.41, 5.74) is -0.535. The van der Waals surface area contributed by atoms with Crippen LogP contribution in [0.3, 0.4) is 0 Å². The molecule has 1 aliphatic heterocycles. The maximum absolute atomic E-state index is 13.9. The van der Waals surface area contributed by atoms with Gasteiger partial charge in [-0.3, -0.25) is 19.6 Å². The molecule has 2 aromatic rings. The number of sulfonamides is 1. The van der Waals surface area contributed by atoms with E-state index in [1.807, 2.05) is 11.8 Å². The molecule has 0 aromatic heterocycles. The first-order chi connectivity index (χ1) is 15.8. The van der Waals surface area contributed by atoms with E-state index >= 15 is 0 Å². The van der Waals surface area contributed by atoms with E-state index in [1.165, 1.54) is 18.2 Å². The van der Waals surface area contributed by atoms with E-state index in [2.05, 4.69) is 0 Å². The van der Waals surface area contributed by atoms with E-state index < -0.39 is 45.4 Å². The van der Waals surface area contributed by atoms with E-state index in [4.69, 9.17) is 27.9 Å². The second kappa shape index (κ2) is 9.93. The molecule has 186 valence electrons. The van der Waals surface area contributed by atoms with Gasteiger partial charge >= 0.3 is 20.1 Å². The molecule has 1 heterocycles. The van der Waals surface area contributed by atoms with Crippen molar-refractivity contribution in [3.63, 3.8) is 0 Å². The Morgan fingerprint density at radius 2 is 1.68 bits per heavy atom. The fourth-order valence-corrected chi connectivity index (χ4v) is 7.75. The highest BCUT2D eigenvalue weighted by Gasteiger charge is 2.50. The third-order valence-electron chi connectivity index (χ3n) is 5.48. The number of likely N-dealkylation sites (N-methyl/N-ethyl adjacent to an activating group) is 1. The summed E-state index contributed by atoms with van der Waals surface area (Å²) in [5.74, 6) is -1.33. The van der Waals surface area contributed by atoms with E-state index in [9.17, 15) is 31.5 Å². The predicted molar refractivity (Wildman–Crippen MR) is 125 cm³/mol. The molecule has 0 saturated carbocycles. The Labute approximate surface area is 207 Å². The summed E-state index contributed by atoms with van der Waals surface area (Å²) < 4.78 is 65.8. The number of nitrogens with zero attached hydrogens (tertiary/aromatic N) is 3. The van der Waals surface area contributed by atoms with Gasteiger partial charge in [0.1, 0.15) is 18.8 Å². The molecule has 34 heavy (non-hydrogen) atoms. The van der Waals surface area contributed by atoms with Crippen molar-refractivity contribution in [1.82, 2.24) is 4.90 Å². The second-order valence-electron chi connectivity index (χ2n) is 7.72. The standard InChI is InChI=1S/C19H21Cl2N3O8S2/c1-2-22-5-7-24(8-6-22,13-33(27,28)29)34(30,31)19-12-16(23(25)26)3-4-18(19)32-17-10-14(20)9-15(21)11-17/h3-4,9-12H,2,5-8,13H2,1H3/p+1. The number of non-ortho nitro benzene ring substituents is 1. The van der Waals surface area contributed by atoms with Gasteiger partial charge in [0, 0.05) is 35.3 Å². The van der Waals surface area contributed by atoms with Gasteiger partial charge in [-0.25, -0.2) is 0 Å². The zero-order valence-electron chi connectivity index (χ0n) is 17.9. The van der Waals surface area contributed by atoms with Crippen LogP contribution in [0.15, 0.2) is 41.3 Å². The molecular weight excluding hydrogens is 533 g/mol. The number of ether oxygens (including phenoxy) is 1. The number of hydrogen-bond acceptors (Lipinski definition) is 8. The minimum absolute atomic E-state index is 0.0694. The van der Waals surface area contributed by atoms with Crippen LogP contribution in [0.1, 0.15) is 6.92 Å². The minimum atomic E-state index is -4.74. The first-order valence-electron chi connectivity index (χ1n) is 9.97. The number of quaternary nitrogens is 1. The van der Waals surface area contributed by atoms with Gasteiger partial charge in [0.05, 0.1) is 4.92 Å². The third kappa shape index (κ3) is 5.79. The number of hydrogen-bond donors (Lipinski definition) is 1. The average molecular weight is 555 g/mol. The van der Waals surface area contributed by atoms with Crippen LogP contribution in [0, 0.1) is 10.1 Å². The fraction of sp³-hybridized carbons (Fsp3) is 0.368. The lowest BCUT2D eigenvalue weighted by atomic mass is 10.3. The summed E-state index contributed by atoms with van der Waals surface area (Å²) in [6, 6.07) is 7.15. The highest BCUT2D eigenvalue weighted by molar-refractivity contribution is 7.88. The number of piperazine rings is 1. The molecule has 0 radical (unpaired) electrons. The lowest BCUT2D eigenvalue weighted by Gasteiger charge is -2.41. The van der Waals surface area contributed by atoms with Gasteiger partial charge in [-0.05, 0) is 30.8 Å². The van der Waals surface area contributed by atoms with Gasteiger partial charge in [-0.15, -0.1) is 0 Å². The molecule has 1 saturated heterocycles. The molecule has 0 unspecified atom stereocenters. The SMILES string of the molecule is CCN1CC[N+](CS(=O)(=O)O)(S(=O)(=O)c2cc([N+](=O)[O-])ccc2Oc2cc(Cl)cc(Cl)c2)CC1. The molecule has 0 atom stereocenters. The Morgan fingerprint density at radius 1 is 1.09 bits per heavy atom. The normalized spacial score (nSPS) is 16.8. The zero-order chi connectivity index (χ0) is 25.3. The van der Waals surface area contributed by atoms with Gasteiger partial charge in [-0.2, -0.15) is 20.7 Å². The van der Waals surface area contributed by atoms with Crippen molar-refractivity contribution in [3.05, 3.63) is 56.6 Å². The van der Waals surface area contributed by atoms with Gasteiger partial charge in [0.15, 0.2) is 10.6 Å². The van der Waals surface area contributed by atoms with Crippen LogP contribution in [-0.4, -0.2) is 73.7 Å². The molecule has 1 N–H and O–H groups in total. The maximum Gasteiger partial charge on any atom is 0.332 e. The summed E-state index contributed by atoms with van der Waals surface area (Å²) in [4.78, 5) is 12.0. The Hall–Kier alpha value is -2.00. The predicted octanol–water partition coefficient (Wildman–Crippen LogP) is 3.38. The summed E-state index contributed by atoms with van der Waals surface area (Å²) >= 11 is 12.0. The summed E-state index contributed by atoms with van der Waals surface area (Å²) in [5, 5.41) is 11.8. The number of nitro groups is 1. The topological polar surface area (TPSA) is 144 Å². The van der Waals surface area contributed by atoms with Crippen LogP contribution >= 0.6 is 23.2 Å². The molecule has 15 heteroatoms. The number of benzene rings is 2. The number of halogens is 2. The first kappa shape index (κ1) is 26.6. The van der Waals surface area contributed by atoms with E-state index in [-0.39, 0.29) is 47.7 Å². The zero-order valence-corrected chi connectivity index (χ0v) is 21.1. The molecule has 1 fully saturated rings. The molecular formula is C19H22Cl2N3O8S2+. The van der Waals surface area contributed by atoms with E-state index in [1.54, 1.807) is 0 Å². The largest absolute Gasteiger partial charge is 0.456 e. The summed E-state index contributed by atoms with van der Waals surface area (Å²) in [7, 11) is -9.38. The van der Waals surface area contributed by atoms with Crippen LogP contribution in [0.4, 0.5) is 5.69 Å². The van der Waals surface area contributed by atoms with Crippen molar-refractivity contribution < 1.29 is 34.9 Å². The fourth-order valence-electron chi connectivity index (χ4n) is 3.74. The van der Waals surface area contributed by atoms with Crippen LogP contribution in [0.2, 0.25) is 10.0 Å². The van der Waals surface area contributed by atoms with Crippen molar-refractivity contribution in [3.8, 4) is 11.5 Å². The first-order valence-corrected chi connectivity index (χ1v) is 13.8. The lowest BCUT2D eigenvalue weighted by Crippen LogP contribution is -2.63. The molecule has 2 aromatic carbocycles. The van der Waals surface area contributed by atoms with Gasteiger partial charge in [0.25, 0.3) is 5.69 Å². The maximum atomic E-state index is 13.9. The van der Waals surface area contributed by atoms with Crippen molar-refractivity contribution in [2.75, 3.05) is 38.6 Å². The Kier molecular flexibility index (Phi) is 7.77. The van der Waals surface area contributed by atoms with E-state index in [0.29, 0.717) is 6.54 Å². The molecule has 0 bridgehead atoms. The average Bonchev–Trinajstić information content (AvgIpc) is 2.72. The highest BCUT2D eigenvalue weighted by atomic mass is 35.5. The quantitative estimate of drug-likeness (QED) is 0.224. The van der Waals surface area contributed by atoms with Crippen LogP contribution in [-0.2, 0) is 20.1 Å². The van der Waals surface area contributed by atoms with Crippen molar-refractivity contribution in [1.29, 1.82) is 0 Å². The second-order valence-corrected chi connectivity index (χ2v) is 12.2. The molecule has 0 aliphatic carbocycles. The van der Waals surface area contributed by atoms with Gasteiger partial charge < -0.3 is 4.74 Å². The summed E-state index contributed by atoms with van der Waals surface area (Å²) in [6.07, 6.45) is 0. The minimum Gasteiger partial charge on any atom is -0.456 e. The molecule has 0 spiro atoms. The van der Waals surface area contributed by atoms with Crippen molar-refractivity contribution in [2.24, 2.45) is 0 Å². The summed E-state index contributed by atoms with van der Waals surface area (Å²) in [6.45, 7) is 2.63. The third-order valence-corrected chi connectivity index (χ3v) is 9.29.